The molecule has 120 valence electrons. The standard InChI is InChI=1S/C18H14N2O3S/c1-2-22-13-8-5-9-15-16(13)19-18(24-15)20-17(21)14-10-11-6-3-4-7-12(11)23-14/h3-10H,2H2,1H3,(H,19,20,21). The normalized spacial score (nSPS) is 11.0. The Morgan fingerprint density at radius 3 is 2.96 bits per heavy atom. The Balaban J connectivity index is 1.63. The van der Waals surface area contributed by atoms with E-state index in [9.17, 15) is 4.79 Å². The van der Waals surface area contributed by atoms with Crippen LogP contribution < -0.4 is 10.1 Å². The summed E-state index contributed by atoms with van der Waals surface area (Å²) in [5.74, 6) is 0.666. The number of thiazole rings is 1. The Morgan fingerprint density at radius 2 is 2.12 bits per heavy atom. The summed E-state index contributed by atoms with van der Waals surface area (Å²) < 4.78 is 12.1. The van der Waals surface area contributed by atoms with Gasteiger partial charge >= 0.3 is 0 Å². The molecule has 1 amide bonds. The van der Waals surface area contributed by atoms with Crippen LogP contribution >= 0.6 is 11.3 Å². The number of aromatic nitrogens is 1. The molecule has 0 fully saturated rings. The van der Waals surface area contributed by atoms with Gasteiger partial charge in [-0.25, -0.2) is 4.98 Å². The first-order valence-corrected chi connectivity index (χ1v) is 8.38. The molecule has 6 heteroatoms. The third kappa shape index (κ3) is 2.61. The smallest absolute Gasteiger partial charge is 0.293 e. The summed E-state index contributed by atoms with van der Waals surface area (Å²) in [6, 6.07) is 15.0. The molecule has 0 radical (unpaired) electrons. The largest absolute Gasteiger partial charge is 0.492 e. The monoisotopic (exact) mass is 338 g/mol. The lowest BCUT2D eigenvalue weighted by atomic mass is 10.2. The molecule has 5 nitrogen and oxygen atoms in total. The maximum atomic E-state index is 12.4. The summed E-state index contributed by atoms with van der Waals surface area (Å²) in [6.45, 7) is 2.49. The Labute approximate surface area is 141 Å². The third-order valence-electron chi connectivity index (χ3n) is 3.55. The van der Waals surface area contributed by atoms with E-state index in [1.54, 1.807) is 6.07 Å². The van der Waals surface area contributed by atoms with Gasteiger partial charge in [0.25, 0.3) is 5.91 Å². The highest BCUT2D eigenvalue weighted by atomic mass is 32.1. The number of para-hydroxylation sites is 2. The minimum absolute atomic E-state index is 0.264. The van der Waals surface area contributed by atoms with Gasteiger partial charge in [0.15, 0.2) is 10.9 Å². The molecule has 4 rings (SSSR count). The molecule has 0 bridgehead atoms. The van der Waals surface area contributed by atoms with E-state index in [2.05, 4.69) is 10.3 Å². The summed E-state index contributed by atoms with van der Waals surface area (Å²) in [5.41, 5.74) is 1.44. The van der Waals surface area contributed by atoms with Crippen LogP contribution in [-0.2, 0) is 0 Å². The van der Waals surface area contributed by atoms with Gasteiger partial charge in [0.05, 0.1) is 11.3 Å². The van der Waals surface area contributed by atoms with Crippen LogP contribution in [0, 0.1) is 0 Å². The van der Waals surface area contributed by atoms with Gasteiger partial charge in [0, 0.05) is 5.39 Å². The average molecular weight is 338 g/mol. The van der Waals surface area contributed by atoms with Gasteiger partial charge < -0.3 is 9.15 Å². The van der Waals surface area contributed by atoms with Gasteiger partial charge in [-0.3, -0.25) is 10.1 Å². The van der Waals surface area contributed by atoms with Crippen molar-refractivity contribution in [3.8, 4) is 5.75 Å². The maximum Gasteiger partial charge on any atom is 0.293 e. The van der Waals surface area contributed by atoms with Crippen molar-refractivity contribution in [1.82, 2.24) is 4.98 Å². The molecule has 0 atom stereocenters. The topological polar surface area (TPSA) is 64.4 Å². The van der Waals surface area contributed by atoms with E-state index in [0.29, 0.717) is 17.3 Å². The Morgan fingerprint density at radius 1 is 1.25 bits per heavy atom. The average Bonchev–Trinajstić information content (AvgIpc) is 3.18. The van der Waals surface area contributed by atoms with Crippen molar-refractivity contribution in [2.75, 3.05) is 11.9 Å². The fourth-order valence-electron chi connectivity index (χ4n) is 2.50. The van der Waals surface area contributed by atoms with Crippen LogP contribution in [0.25, 0.3) is 21.2 Å². The zero-order valence-electron chi connectivity index (χ0n) is 12.9. The van der Waals surface area contributed by atoms with Crippen molar-refractivity contribution in [3.05, 3.63) is 54.3 Å². The molecule has 0 aliphatic rings. The van der Waals surface area contributed by atoms with Gasteiger partial charge in [-0.2, -0.15) is 0 Å². The van der Waals surface area contributed by atoms with Crippen LogP contribution in [0.5, 0.6) is 5.75 Å². The molecule has 0 saturated carbocycles. The van der Waals surface area contributed by atoms with Crippen molar-refractivity contribution in [2.24, 2.45) is 0 Å². The summed E-state index contributed by atoms with van der Waals surface area (Å²) in [5, 5.41) is 4.21. The minimum Gasteiger partial charge on any atom is -0.492 e. The van der Waals surface area contributed by atoms with Crippen molar-refractivity contribution < 1.29 is 13.9 Å². The van der Waals surface area contributed by atoms with E-state index < -0.39 is 0 Å². The van der Waals surface area contributed by atoms with Crippen LogP contribution in [0.4, 0.5) is 5.13 Å². The number of hydrogen-bond acceptors (Lipinski definition) is 5. The van der Waals surface area contributed by atoms with Crippen molar-refractivity contribution in [2.45, 2.75) is 6.92 Å². The van der Waals surface area contributed by atoms with E-state index in [4.69, 9.17) is 9.15 Å². The second-order valence-electron chi connectivity index (χ2n) is 5.16. The summed E-state index contributed by atoms with van der Waals surface area (Å²) in [4.78, 5) is 16.9. The molecule has 2 aromatic carbocycles. The Kier molecular flexibility index (Phi) is 3.66. The quantitative estimate of drug-likeness (QED) is 0.586. The maximum absolute atomic E-state index is 12.4. The summed E-state index contributed by atoms with van der Waals surface area (Å²) in [6.07, 6.45) is 0. The highest BCUT2D eigenvalue weighted by Crippen LogP contribution is 2.32. The fraction of sp³-hybridized carbons (Fsp3) is 0.111. The number of ether oxygens (including phenoxy) is 1. The molecule has 2 heterocycles. The van der Waals surface area contributed by atoms with Crippen LogP contribution in [0.2, 0.25) is 0 Å². The zero-order valence-corrected chi connectivity index (χ0v) is 13.7. The molecule has 1 N–H and O–H groups in total. The number of furan rings is 1. The van der Waals surface area contributed by atoms with Crippen molar-refractivity contribution in [1.29, 1.82) is 0 Å². The van der Waals surface area contributed by atoms with E-state index in [-0.39, 0.29) is 11.7 Å². The van der Waals surface area contributed by atoms with E-state index >= 15 is 0 Å². The molecule has 2 aromatic heterocycles. The predicted octanol–water partition coefficient (Wildman–Crippen LogP) is 4.69. The van der Waals surface area contributed by atoms with Crippen LogP contribution in [0.1, 0.15) is 17.5 Å². The van der Waals surface area contributed by atoms with Gasteiger partial charge in [-0.1, -0.05) is 35.6 Å². The van der Waals surface area contributed by atoms with Gasteiger partial charge in [-0.15, -0.1) is 0 Å². The molecular weight excluding hydrogens is 324 g/mol. The second kappa shape index (κ2) is 5.98. The lowest BCUT2D eigenvalue weighted by Crippen LogP contribution is -2.10. The number of nitrogens with zero attached hydrogens (tertiary/aromatic N) is 1. The van der Waals surface area contributed by atoms with Gasteiger partial charge in [0.2, 0.25) is 0 Å². The van der Waals surface area contributed by atoms with Gasteiger partial charge in [0.1, 0.15) is 16.8 Å². The Bertz CT molecular complexity index is 1000. The number of carbonyl (C=O) groups is 1. The van der Waals surface area contributed by atoms with Crippen LogP contribution in [-0.4, -0.2) is 17.5 Å². The first-order valence-electron chi connectivity index (χ1n) is 7.57. The lowest BCUT2D eigenvalue weighted by Gasteiger charge is -2.02. The molecule has 0 aliphatic heterocycles. The number of fused-ring (bicyclic) bond motifs is 2. The number of hydrogen-bond donors (Lipinski definition) is 1. The molecule has 0 spiro atoms. The first-order chi connectivity index (χ1) is 11.7. The molecule has 24 heavy (non-hydrogen) atoms. The zero-order chi connectivity index (χ0) is 16.5. The highest BCUT2D eigenvalue weighted by molar-refractivity contribution is 7.22. The van der Waals surface area contributed by atoms with Crippen LogP contribution in [0.3, 0.4) is 0 Å². The predicted molar refractivity (Wildman–Crippen MR) is 95.0 cm³/mol. The Hall–Kier alpha value is -2.86. The van der Waals surface area contributed by atoms with E-state index in [1.807, 2.05) is 49.4 Å². The van der Waals surface area contributed by atoms with E-state index in [0.717, 1.165) is 21.4 Å². The number of rotatable bonds is 4. The van der Waals surface area contributed by atoms with Gasteiger partial charge in [-0.05, 0) is 31.2 Å². The number of benzene rings is 2. The first kappa shape index (κ1) is 14.7. The van der Waals surface area contributed by atoms with E-state index in [1.165, 1.54) is 11.3 Å². The molecule has 0 saturated heterocycles. The van der Waals surface area contributed by atoms with Crippen LogP contribution in [0.15, 0.2) is 52.9 Å². The molecule has 4 aromatic rings. The molecule has 0 unspecified atom stereocenters. The summed E-state index contributed by atoms with van der Waals surface area (Å²) >= 11 is 1.40. The highest BCUT2D eigenvalue weighted by Gasteiger charge is 2.15. The molecular formula is C18H14N2O3S. The van der Waals surface area contributed by atoms with Crippen molar-refractivity contribution >= 4 is 43.6 Å². The number of amides is 1. The minimum atomic E-state index is -0.316. The fourth-order valence-corrected chi connectivity index (χ4v) is 3.38. The van der Waals surface area contributed by atoms with Crippen molar-refractivity contribution in [3.63, 3.8) is 0 Å². The lowest BCUT2D eigenvalue weighted by molar-refractivity contribution is 0.0998. The molecule has 0 aliphatic carbocycles. The number of nitrogens with one attached hydrogen (secondary N) is 1. The number of carbonyl (C=O) groups excluding carboxylic acids is 1. The second-order valence-corrected chi connectivity index (χ2v) is 6.19. The third-order valence-corrected chi connectivity index (χ3v) is 4.49. The SMILES string of the molecule is CCOc1cccc2sc(NC(=O)c3cc4ccccc4o3)nc12. The summed E-state index contributed by atoms with van der Waals surface area (Å²) in [7, 11) is 0. The number of anilines is 1.